The van der Waals surface area contributed by atoms with Gasteiger partial charge in [0.15, 0.2) is 0 Å². The molecule has 1 aliphatic rings. The standard InChI is InChI=1S/C30H34F3N3O3/c1-19-7-5-8-22(11-19)16-35(4)17-27-20(2)15-36(21(3)18-37)29(38)26-13-24(14-34-28(26)39-27)23-9-6-10-25(12-23)30(31,32)33/h5-14,20-21,27,37H,15-18H2,1-4H3/t20-,21+,27-/m0/s1. The van der Waals surface area contributed by atoms with Crippen molar-refractivity contribution in [3.8, 4) is 17.0 Å². The summed E-state index contributed by atoms with van der Waals surface area (Å²) in [6, 6.07) is 14.3. The summed E-state index contributed by atoms with van der Waals surface area (Å²) < 4.78 is 46.3. The van der Waals surface area contributed by atoms with E-state index in [9.17, 15) is 23.1 Å². The molecular formula is C30H34F3N3O3. The average Bonchev–Trinajstić information content (AvgIpc) is 2.89. The second kappa shape index (κ2) is 11.8. The number of aromatic nitrogens is 1. The number of aliphatic hydroxyl groups is 1. The number of benzene rings is 2. The molecule has 1 amide bonds. The summed E-state index contributed by atoms with van der Waals surface area (Å²) in [6.07, 6.45) is -3.39. The predicted octanol–water partition coefficient (Wildman–Crippen LogP) is 5.43. The van der Waals surface area contributed by atoms with Crippen LogP contribution in [0.3, 0.4) is 0 Å². The summed E-state index contributed by atoms with van der Waals surface area (Å²) in [5.74, 6) is -0.335. The van der Waals surface area contributed by atoms with Crippen LogP contribution in [0.25, 0.3) is 11.1 Å². The molecule has 0 spiro atoms. The summed E-state index contributed by atoms with van der Waals surface area (Å²) in [7, 11) is 2.00. The highest BCUT2D eigenvalue weighted by Crippen LogP contribution is 2.34. The zero-order valence-electron chi connectivity index (χ0n) is 22.6. The van der Waals surface area contributed by atoms with Crippen molar-refractivity contribution in [3.05, 3.63) is 83.0 Å². The van der Waals surface area contributed by atoms with Gasteiger partial charge in [0, 0.05) is 37.3 Å². The zero-order valence-corrected chi connectivity index (χ0v) is 22.6. The highest BCUT2D eigenvalue weighted by Gasteiger charge is 2.35. The lowest BCUT2D eigenvalue weighted by molar-refractivity contribution is -0.137. The van der Waals surface area contributed by atoms with E-state index in [1.165, 1.54) is 29.5 Å². The molecule has 2 heterocycles. The van der Waals surface area contributed by atoms with Gasteiger partial charge in [-0.2, -0.15) is 13.2 Å². The molecule has 9 heteroatoms. The molecule has 0 radical (unpaired) electrons. The number of carbonyl (C=O) groups is 1. The highest BCUT2D eigenvalue weighted by molar-refractivity contribution is 5.98. The van der Waals surface area contributed by atoms with Crippen LogP contribution in [0.4, 0.5) is 13.2 Å². The van der Waals surface area contributed by atoms with Crippen LogP contribution in [0.5, 0.6) is 5.88 Å². The highest BCUT2D eigenvalue weighted by atomic mass is 19.4. The Labute approximate surface area is 227 Å². The Bertz CT molecular complexity index is 1310. The molecule has 1 aliphatic heterocycles. The summed E-state index contributed by atoms with van der Waals surface area (Å²) in [6.45, 7) is 7.19. The Balaban J connectivity index is 1.67. The van der Waals surface area contributed by atoms with Crippen molar-refractivity contribution in [2.45, 2.75) is 45.6 Å². The van der Waals surface area contributed by atoms with Gasteiger partial charge in [0.25, 0.3) is 5.91 Å². The first-order chi connectivity index (χ1) is 18.5. The molecule has 1 aromatic heterocycles. The molecule has 2 aromatic carbocycles. The number of rotatable bonds is 7. The van der Waals surface area contributed by atoms with Gasteiger partial charge >= 0.3 is 6.18 Å². The van der Waals surface area contributed by atoms with E-state index in [-0.39, 0.29) is 36.0 Å². The predicted molar refractivity (Wildman–Crippen MR) is 143 cm³/mol. The minimum atomic E-state index is -4.49. The van der Waals surface area contributed by atoms with Crippen molar-refractivity contribution in [1.29, 1.82) is 0 Å². The molecule has 0 unspecified atom stereocenters. The van der Waals surface area contributed by atoms with E-state index in [2.05, 4.69) is 22.0 Å². The van der Waals surface area contributed by atoms with Crippen molar-refractivity contribution < 1.29 is 27.8 Å². The molecule has 0 fully saturated rings. The van der Waals surface area contributed by atoms with Gasteiger partial charge in [-0.05, 0) is 50.2 Å². The fourth-order valence-electron chi connectivity index (χ4n) is 4.85. The molecule has 0 saturated carbocycles. The van der Waals surface area contributed by atoms with Gasteiger partial charge in [0.1, 0.15) is 11.7 Å². The summed E-state index contributed by atoms with van der Waals surface area (Å²) in [5.41, 5.74) is 2.39. The molecule has 208 valence electrons. The van der Waals surface area contributed by atoms with E-state index in [4.69, 9.17) is 4.74 Å². The number of halogens is 3. The van der Waals surface area contributed by atoms with Crippen LogP contribution in [-0.2, 0) is 12.7 Å². The Morgan fingerprint density at radius 3 is 2.59 bits per heavy atom. The molecule has 39 heavy (non-hydrogen) atoms. The minimum absolute atomic E-state index is 0.0824. The molecule has 3 atom stereocenters. The smallest absolute Gasteiger partial charge is 0.416 e. The summed E-state index contributed by atoms with van der Waals surface area (Å²) in [4.78, 5) is 21.8. The van der Waals surface area contributed by atoms with E-state index >= 15 is 0 Å². The second-order valence-electron chi connectivity index (χ2n) is 10.5. The number of carbonyl (C=O) groups excluding carboxylic acids is 1. The first-order valence-corrected chi connectivity index (χ1v) is 13.0. The topological polar surface area (TPSA) is 65.9 Å². The van der Waals surface area contributed by atoms with Crippen LogP contribution < -0.4 is 4.74 Å². The number of ether oxygens (including phenoxy) is 1. The SMILES string of the molecule is Cc1cccc(CN(C)C[C@@H]2Oc3ncc(-c4cccc(C(F)(F)F)c4)cc3C(=O)N([C@H](C)CO)C[C@@H]2C)c1. The van der Waals surface area contributed by atoms with Crippen LogP contribution in [0.1, 0.15) is 40.9 Å². The lowest BCUT2D eigenvalue weighted by Gasteiger charge is -2.37. The average molecular weight is 542 g/mol. The van der Waals surface area contributed by atoms with Gasteiger partial charge in [-0.1, -0.05) is 48.9 Å². The van der Waals surface area contributed by atoms with E-state index < -0.39 is 17.8 Å². The summed E-state index contributed by atoms with van der Waals surface area (Å²) in [5, 5.41) is 9.88. The zero-order chi connectivity index (χ0) is 28.3. The maximum atomic E-state index is 13.7. The number of hydrogen-bond acceptors (Lipinski definition) is 5. The van der Waals surface area contributed by atoms with Crippen molar-refractivity contribution in [3.63, 3.8) is 0 Å². The number of likely N-dealkylation sites (N-methyl/N-ethyl adjacent to an activating group) is 1. The van der Waals surface area contributed by atoms with Crippen molar-refractivity contribution in [1.82, 2.24) is 14.8 Å². The number of nitrogens with zero attached hydrogens (tertiary/aromatic N) is 3. The fourth-order valence-corrected chi connectivity index (χ4v) is 4.85. The van der Waals surface area contributed by atoms with Crippen LogP contribution in [-0.4, -0.2) is 64.7 Å². The monoisotopic (exact) mass is 541 g/mol. The molecule has 3 aromatic rings. The molecule has 0 aliphatic carbocycles. The number of aliphatic hydroxyl groups excluding tert-OH is 1. The van der Waals surface area contributed by atoms with E-state index in [1.807, 2.05) is 33.0 Å². The second-order valence-corrected chi connectivity index (χ2v) is 10.5. The quantitative estimate of drug-likeness (QED) is 0.432. The first kappa shape index (κ1) is 28.6. The van der Waals surface area contributed by atoms with Crippen LogP contribution >= 0.6 is 0 Å². The lowest BCUT2D eigenvalue weighted by Crippen LogP contribution is -2.49. The summed E-state index contributed by atoms with van der Waals surface area (Å²) >= 11 is 0. The van der Waals surface area contributed by atoms with Gasteiger partial charge in [-0.3, -0.25) is 9.69 Å². The maximum absolute atomic E-state index is 13.7. The molecule has 0 bridgehead atoms. The minimum Gasteiger partial charge on any atom is -0.472 e. The number of fused-ring (bicyclic) bond motifs is 1. The number of hydrogen-bond donors (Lipinski definition) is 1. The van der Waals surface area contributed by atoms with Gasteiger partial charge in [0.2, 0.25) is 5.88 Å². The Morgan fingerprint density at radius 1 is 1.15 bits per heavy atom. The Kier molecular flexibility index (Phi) is 8.61. The third kappa shape index (κ3) is 6.78. The largest absolute Gasteiger partial charge is 0.472 e. The van der Waals surface area contributed by atoms with E-state index in [1.54, 1.807) is 17.9 Å². The fraction of sp³-hybridized carbons (Fsp3) is 0.400. The number of amides is 1. The maximum Gasteiger partial charge on any atom is 0.416 e. The van der Waals surface area contributed by atoms with Crippen molar-refractivity contribution in [2.24, 2.45) is 5.92 Å². The van der Waals surface area contributed by atoms with Crippen LogP contribution in [0.15, 0.2) is 60.8 Å². The van der Waals surface area contributed by atoms with Crippen molar-refractivity contribution in [2.75, 3.05) is 26.7 Å². The van der Waals surface area contributed by atoms with E-state index in [0.717, 1.165) is 12.1 Å². The van der Waals surface area contributed by atoms with Gasteiger partial charge in [-0.15, -0.1) is 0 Å². The molecule has 4 rings (SSSR count). The Morgan fingerprint density at radius 2 is 1.90 bits per heavy atom. The van der Waals surface area contributed by atoms with Crippen LogP contribution in [0, 0.1) is 12.8 Å². The first-order valence-electron chi connectivity index (χ1n) is 13.0. The van der Waals surface area contributed by atoms with Crippen molar-refractivity contribution >= 4 is 5.91 Å². The molecule has 0 saturated heterocycles. The molecule has 6 nitrogen and oxygen atoms in total. The molecular weight excluding hydrogens is 507 g/mol. The normalized spacial score (nSPS) is 18.8. The van der Waals surface area contributed by atoms with Crippen LogP contribution in [0.2, 0.25) is 0 Å². The Hall–Kier alpha value is -3.43. The van der Waals surface area contributed by atoms with Gasteiger partial charge in [0.05, 0.1) is 18.2 Å². The number of pyridine rings is 1. The lowest BCUT2D eigenvalue weighted by atomic mass is 9.98. The number of aryl methyl sites for hydroxylation is 1. The van der Waals surface area contributed by atoms with Gasteiger partial charge in [-0.25, -0.2) is 4.98 Å². The van der Waals surface area contributed by atoms with E-state index in [0.29, 0.717) is 30.8 Å². The van der Waals surface area contributed by atoms with Gasteiger partial charge < -0.3 is 14.7 Å². The third-order valence-corrected chi connectivity index (χ3v) is 7.07. The molecule has 1 N–H and O–H groups in total. The number of alkyl halides is 3. The third-order valence-electron chi connectivity index (χ3n) is 7.07.